The summed E-state index contributed by atoms with van der Waals surface area (Å²) in [6.45, 7) is 5.13. The summed E-state index contributed by atoms with van der Waals surface area (Å²) in [5.74, 6) is -0.827. The summed E-state index contributed by atoms with van der Waals surface area (Å²) >= 11 is 0. The molecular formula is C14H24N2O3. The summed E-state index contributed by atoms with van der Waals surface area (Å²) in [6, 6.07) is 0.0342. The van der Waals surface area contributed by atoms with Crippen LogP contribution in [0.2, 0.25) is 0 Å². The average molecular weight is 268 g/mol. The first-order valence-corrected chi connectivity index (χ1v) is 7.16. The third kappa shape index (κ3) is 3.61. The summed E-state index contributed by atoms with van der Waals surface area (Å²) in [5.41, 5.74) is 0.309. The highest BCUT2D eigenvalue weighted by Gasteiger charge is 2.35. The molecule has 1 aliphatic carbocycles. The molecule has 2 atom stereocenters. The van der Waals surface area contributed by atoms with Gasteiger partial charge in [-0.05, 0) is 37.5 Å². The molecule has 2 rings (SSSR count). The number of carboxylic acid groups (broad SMARTS) is 1. The van der Waals surface area contributed by atoms with Gasteiger partial charge in [0.05, 0.1) is 6.42 Å². The Morgan fingerprint density at radius 3 is 2.68 bits per heavy atom. The number of rotatable bonds is 3. The largest absolute Gasteiger partial charge is 0.481 e. The summed E-state index contributed by atoms with van der Waals surface area (Å²) in [4.78, 5) is 24.7. The molecule has 1 heterocycles. The van der Waals surface area contributed by atoms with Gasteiger partial charge in [0.25, 0.3) is 0 Å². The van der Waals surface area contributed by atoms with Crippen molar-refractivity contribution in [1.29, 1.82) is 0 Å². The number of carbonyl (C=O) groups excluding carboxylic acids is 1. The van der Waals surface area contributed by atoms with Crippen molar-refractivity contribution in [3.05, 3.63) is 0 Å². The highest BCUT2D eigenvalue weighted by atomic mass is 16.4. The minimum absolute atomic E-state index is 0.0591. The maximum Gasteiger partial charge on any atom is 0.317 e. The Morgan fingerprint density at radius 1 is 1.37 bits per heavy atom. The van der Waals surface area contributed by atoms with E-state index in [4.69, 9.17) is 5.11 Å². The molecular weight excluding hydrogens is 244 g/mol. The molecule has 2 aliphatic rings. The van der Waals surface area contributed by atoms with E-state index in [0.29, 0.717) is 12.0 Å². The van der Waals surface area contributed by atoms with Crippen molar-refractivity contribution in [3.63, 3.8) is 0 Å². The van der Waals surface area contributed by atoms with Crippen LogP contribution in [-0.2, 0) is 4.79 Å². The van der Waals surface area contributed by atoms with Gasteiger partial charge in [0.2, 0.25) is 0 Å². The van der Waals surface area contributed by atoms with E-state index >= 15 is 0 Å². The van der Waals surface area contributed by atoms with Crippen LogP contribution in [0.4, 0.5) is 4.79 Å². The standard InChI is InChI=1S/C14H24N2O3/c1-14(2)6-5-10(9-14)15-13(19)16-7-3-4-11(16)8-12(17)18/h10-11H,3-9H2,1-2H3,(H,15,19)(H,17,18). The fourth-order valence-electron chi connectivity index (χ4n) is 3.33. The zero-order chi connectivity index (χ0) is 14.0. The lowest BCUT2D eigenvalue weighted by Crippen LogP contribution is -2.46. The van der Waals surface area contributed by atoms with Crippen molar-refractivity contribution in [3.8, 4) is 0 Å². The van der Waals surface area contributed by atoms with E-state index in [1.165, 1.54) is 0 Å². The molecule has 19 heavy (non-hydrogen) atoms. The highest BCUT2D eigenvalue weighted by Crippen LogP contribution is 2.37. The third-order valence-electron chi connectivity index (χ3n) is 4.34. The van der Waals surface area contributed by atoms with Crippen molar-refractivity contribution in [1.82, 2.24) is 10.2 Å². The van der Waals surface area contributed by atoms with Crippen LogP contribution >= 0.6 is 0 Å². The van der Waals surface area contributed by atoms with Crippen LogP contribution in [0, 0.1) is 5.41 Å². The Balaban J connectivity index is 1.87. The molecule has 2 N–H and O–H groups in total. The van der Waals surface area contributed by atoms with Gasteiger partial charge in [-0.15, -0.1) is 0 Å². The number of carboxylic acids is 1. The van der Waals surface area contributed by atoms with Crippen LogP contribution in [0.5, 0.6) is 0 Å². The maximum atomic E-state index is 12.2. The Kier molecular flexibility index (Phi) is 4.02. The number of hydrogen-bond acceptors (Lipinski definition) is 2. The Hall–Kier alpha value is -1.26. The molecule has 0 aromatic heterocycles. The average Bonchev–Trinajstić information content (AvgIpc) is 2.84. The van der Waals surface area contributed by atoms with Gasteiger partial charge in [-0.3, -0.25) is 4.79 Å². The van der Waals surface area contributed by atoms with Gasteiger partial charge >= 0.3 is 12.0 Å². The van der Waals surface area contributed by atoms with E-state index < -0.39 is 5.97 Å². The molecule has 0 spiro atoms. The Bertz CT molecular complexity index is 368. The molecule has 1 saturated heterocycles. The summed E-state index contributed by atoms with van der Waals surface area (Å²) < 4.78 is 0. The number of nitrogens with zero attached hydrogens (tertiary/aromatic N) is 1. The monoisotopic (exact) mass is 268 g/mol. The van der Waals surface area contributed by atoms with E-state index in [9.17, 15) is 9.59 Å². The fraction of sp³-hybridized carbons (Fsp3) is 0.857. The lowest BCUT2D eigenvalue weighted by Gasteiger charge is -2.26. The second-order valence-electron chi connectivity index (χ2n) is 6.64. The summed E-state index contributed by atoms with van der Waals surface area (Å²) in [5, 5.41) is 11.9. The molecule has 2 fully saturated rings. The van der Waals surface area contributed by atoms with Gasteiger partial charge in [-0.2, -0.15) is 0 Å². The number of nitrogens with one attached hydrogen (secondary N) is 1. The van der Waals surface area contributed by atoms with Gasteiger partial charge in [0.15, 0.2) is 0 Å². The topological polar surface area (TPSA) is 69.6 Å². The lowest BCUT2D eigenvalue weighted by molar-refractivity contribution is -0.137. The van der Waals surface area contributed by atoms with Gasteiger partial charge in [0, 0.05) is 18.6 Å². The first-order valence-electron chi connectivity index (χ1n) is 7.16. The van der Waals surface area contributed by atoms with Crippen LogP contribution in [0.1, 0.15) is 52.4 Å². The number of amides is 2. The van der Waals surface area contributed by atoms with Crippen molar-refractivity contribution in [2.45, 2.75) is 64.5 Å². The van der Waals surface area contributed by atoms with Gasteiger partial charge in [-0.1, -0.05) is 13.8 Å². The van der Waals surface area contributed by atoms with Crippen molar-refractivity contribution >= 4 is 12.0 Å². The van der Waals surface area contributed by atoms with Gasteiger partial charge in [-0.25, -0.2) is 4.79 Å². The minimum atomic E-state index is -0.827. The summed E-state index contributed by atoms with van der Waals surface area (Å²) in [6.07, 6.45) is 4.93. The van der Waals surface area contributed by atoms with Gasteiger partial charge in [0.1, 0.15) is 0 Å². The van der Waals surface area contributed by atoms with Crippen LogP contribution in [-0.4, -0.2) is 40.6 Å². The number of hydrogen-bond donors (Lipinski definition) is 2. The smallest absolute Gasteiger partial charge is 0.317 e. The zero-order valence-corrected chi connectivity index (χ0v) is 11.8. The number of urea groups is 1. The van der Waals surface area contributed by atoms with Gasteiger partial charge < -0.3 is 15.3 Å². The molecule has 0 bridgehead atoms. The second-order valence-corrected chi connectivity index (χ2v) is 6.64. The molecule has 0 aromatic rings. The molecule has 2 unspecified atom stereocenters. The molecule has 2 amide bonds. The lowest BCUT2D eigenvalue weighted by atomic mass is 9.92. The van der Waals surface area contributed by atoms with E-state index in [-0.39, 0.29) is 24.5 Å². The molecule has 0 aromatic carbocycles. The molecule has 0 radical (unpaired) electrons. The summed E-state index contributed by atoms with van der Waals surface area (Å²) in [7, 11) is 0. The first-order chi connectivity index (χ1) is 8.87. The normalized spacial score (nSPS) is 29.5. The van der Waals surface area contributed by atoms with E-state index in [1.54, 1.807) is 4.90 Å². The Labute approximate surface area is 114 Å². The van der Waals surface area contributed by atoms with Crippen LogP contribution in [0.15, 0.2) is 0 Å². The van der Waals surface area contributed by atoms with Crippen molar-refractivity contribution in [2.75, 3.05) is 6.54 Å². The molecule has 1 aliphatic heterocycles. The van der Waals surface area contributed by atoms with Crippen molar-refractivity contribution in [2.24, 2.45) is 5.41 Å². The molecule has 108 valence electrons. The van der Waals surface area contributed by atoms with Crippen LogP contribution < -0.4 is 5.32 Å². The quantitative estimate of drug-likeness (QED) is 0.824. The predicted molar refractivity (Wildman–Crippen MR) is 71.9 cm³/mol. The minimum Gasteiger partial charge on any atom is -0.481 e. The molecule has 1 saturated carbocycles. The van der Waals surface area contributed by atoms with Crippen molar-refractivity contribution < 1.29 is 14.7 Å². The number of carbonyl (C=O) groups is 2. The Morgan fingerprint density at radius 2 is 2.11 bits per heavy atom. The second kappa shape index (κ2) is 5.39. The molecule has 5 nitrogen and oxygen atoms in total. The zero-order valence-electron chi connectivity index (χ0n) is 11.8. The maximum absolute atomic E-state index is 12.2. The van der Waals surface area contributed by atoms with Crippen LogP contribution in [0.3, 0.4) is 0 Å². The molecule has 5 heteroatoms. The predicted octanol–water partition coefficient (Wildman–Crippen LogP) is 2.21. The highest BCUT2D eigenvalue weighted by molar-refractivity contribution is 5.76. The van der Waals surface area contributed by atoms with Crippen LogP contribution in [0.25, 0.3) is 0 Å². The third-order valence-corrected chi connectivity index (χ3v) is 4.34. The SMILES string of the molecule is CC1(C)CCC(NC(=O)N2CCCC2CC(=O)O)C1. The fourth-order valence-corrected chi connectivity index (χ4v) is 3.33. The van der Waals surface area contributed by atoms with E-state index in [0.717, 1.165) is 32.1 Å². The van der Waals surface area contributed by atoms with E-state index in [2.05, 4.69) is 19.2 Å². The first kappa shape index (κ1) is 14.2. The number of aliphatic carboxylic acids is 1. The number of likely N-dealkylation sites (tertiary alicyclic amines) is 1. The van der Waals surface area contributed by atoms with E-state index in [1.807, 2.05) is 0 Å².